The normalized spacial score (nSPS) is 16.3. The van der Waals surface area contributed by atoms with Crippen molar-refractivity contribution in [3.63, 3.8) is 0 Å². The largest absolute Gasteiger partial charge is 0.451 e. The molecule has 0 saturated carbocycles. The first-order valence-corrected chi connectivity index (χ1v) is 8.21. The molecule has 1 aromatic heterocycles. The van der Waals surface area contributed by atoms with Crippen LogP contribution < -0.4 is 0 Å². The number of carbonyl (C=O) groups is 1. The summed E-state index contributed by atoms with van der Waals surface area (Å²) in [4.78, 5) is 14.4. The van der Waals surface area contributed by atoms with Gasteiger partial charge in [0.05, 0.1) is 6.10 Å². The maximum atomic E-state index is 12.5. The highest BCUT2D eigenvalue weighted by Gasteiger charge is 2.21. The number of hydrogen-bond donors (Lipinski definition) is 0. The van der Waals surface area contributed by atoms with Gasteiger partial charge in [0.1, 0.15) is 5.76 Å². The first-order valence-electron chi connectivity index (χ1n) is 8.21. The summed E-state index contributed by atoms with van der Waals surface area (Å²) in [6.45, 7) is 3.66. The van der Waals surface area contributed by atoms with Crippen LogP contribution in [0.25, 0.3) is 11.3 Å². The molecule has 0 spiro atoms. The van der Waals surface area contributed by atoms with Crippen molar-refractivity contribution in [1.29, 1.82) is 0 Å². The maximum Gasteiger partial charge on any atom is 0.289 e. The fourth-order valence-corrected chi connectivity index (χ4v) is 2.94. The van der Waals surface area contributed by atoms with Gasteiger partial charge in [-0.15, -0.1) is 0 Å². The Morgan fingerprint density at radius 2 is 1.96 bits per heavy atom. The second-order valence-electron chi connectivity index (χ2n) is 6.02. The number of nitrogens with zero attached hydrogens (tertiary/aromatic N) is 1. The van der Waals surface area contributed by atoms with Gasteiger partial charge in [0, 0.05) is 25.8 Å². The van der Waals surface area contributed by atoms with Crippen LogP contribution >= 0.6 is 0 Å². The molecule has 0 bridgehead atoms. The van der Waals surface area contributed by atoms with E-state index in [9.17, 15) is 4.79 Å². The van der Waals surface area contributed by atoms with Gasteiger partial charge in [-0.3, -0.25) is 4.79 Å². The Bertz CT molecular complexity index is 671. The van der Waals surface area contributed by atoms with Crippen molar-refractivity contribution in [2.24, 2.45) is 0 Å². The molecule has 2 aromatic rings. The molecule has 1 atom stereocenters. The van der Waals surface area contributed by atoms with Crippen LogP contribution in [0, 0.1) is 0 Å². The number of rotatable bonds is 4. The van der Waals surface area contributed by atoms with Crippen LogP contribution in [0.4, 0.5) is 0 Å². The SMILES string of the molecule is CO[C@H](C)c1cccc(-c2ccc(C(=O)N3CCCCC3)o2)c1. The number of benzene rings is 1. The van der Waals surface area contributed by atoms with Crippen molar-refractivity contribution in [3.05, 3.63) is 47.7 Å². The Hall–Kier alpha value is -2.07. The van der Waals surface area contributed by atoms with Gasteiger partial charge in [-0.05, 0) is 49.9 Å². The van der Waals surface area contributed by atoms with E-state index < -0.39 is 0 Å². The number of ether oxygens (including phenoxy) is 1. The van der Waals surface area contributed by atoms with Crippen LogP contribution in [0.15, 0.2) is 40.8 Å². The highest BCUT2D eigenvalue weighted by molar-refractivity contribution is 5.92. The highest BCUT2D eigenvalue weighted by atomic mass is 16.5. The van der Waals surface area contributed by atoms with E-state index in [4.69, 9.17) is 9.15 Å². The van der Waals surface area contributed by atoms with E-state index in [1.807, 2.05) is 42.2 Å². The molecule has 1 fully saturated rings. The fourth-order valence-electron chi connectivity index (χ4n) is 2.94. The van der Waals surface area contributed by atoms with Gasteiger partial charge >= 0.3 is 0 Å². The molecule has 0 radical (unpaired) electrons. The van der Waals surface area contributed by atoms with Crippen molar-refractivity contribution in [3.8, 4) is 11.3 Å². The van der Waals surface area contributed by atoms with Crippen LogP contribution in [-0.4, -0.2) is 31.0 Å². The van der Waals surface area contributed by atoms with Crippen molar-refractivity contribution in [1.82, 2.24) is 4.90 Å². The standard InChI is InChI=1S/C19H23NO3/c1-14(22-2)15-7-6-8-16(13-15)17-9-10-18(23-17)19(21)20-11-4-3-5-12-20/h6-10,13-14H,3-5,11-12H2,1-2H3/t14-/m1/s1. The molecule has 4 nitrogen and oxygen atoms in total. The van der Waals surface area contributed by atoms with Gasteiger partial charge < -0.3 is 14.1 Å². The first kappa shape index (κ1) is 15.8. The summed E-state index contributed by atoms with van der Waals surface area (Å²) < 4.78 is 11.2. The number of hydrogen-bond acceptors (Lipinski definition) is 3. The van der Waals surface area contributed by atoms with Gasteiger partial charge in [0.25, 0.3) is 5.91 Å². The molecule has 3 rings (SSSR count). The first-order chi connectivity index (χ1) is 11.2. The van der Waals surface area contributed by atoms with Crippen molar-refractivity contribution in [2.45, 2.75) is 32.3 Å². The van der Waals surface area contributed by atoms with Gasteiger partial charge in [-0.1, -0.05) is 18.2 Å². The molecule has 1 aliphatic heterocycles. The Morgan fingerprint density at radius 1 is 1.17 bits per heavy atom. The van der Waals surface area contributed by atoms with E-state index in [1.54, 1.807) is 13.2 Å². The smallest absolute Gasteiger partial charge is 0.289 e. The number of piperidine rings is 1. The minimum atomic E-state index is -0.00244. The lowest BCUT2D eigenvalue weighted by Gasteiger charge is -2.25. The molecule has 0 unspecified atom stereocenters. The summed E-state index contributed by atoms with van der Waals surface area (Å²) in [6, 6.07) is 11.7. The van der Waals surface area contributed by atoms with Crippen LogP contribution in [0.2, 0.25) is 0 Å². The molecule has 1 saturated heterocycles. The second-order valence-corrected chi connectivity index (χ2v) is 6.02. The maximum absolute atomic E-state index is 12.5. The predicted molar refractivity (Wildman–Crippen MR) is 89.3 cm³/mol. The molecule has 23 heavy (non-hydrogen) atoms. The Balaban J connectivity index is 1.80. The zero-order valence-corrected chi connectivity index (χ0v) is 13.7. The summed E-state index contributed by atoms with van der Waals surface area (Å²) in [5.74, 6) is 1.14. The lowest BCUT2D eigenvalue weighted by atomic mass is 10.1. The Labute approximate surface area is 137 Å². The number of amides is 1. The summed E-state index contributed by atoms with van der Waals surface area (Å²) in [5.41, 5.74) is 2.05. The predicted octanol–water partition coefficient (Wildman–Crippen LogP) is 4.28. The summed E-state index contributed by atoms with van der Waals surface area (Å²) >= 11 is 0. The van der Waals surface area contributed by atoms with Crippen molar-refractivity contribution < 1.29 is 13.9 Å². The molecule has 122 valence electrons. The fraction of sp³-hybridized carbons (Fsp3) is 0.421. The summed E-state index contributed by atoms with van der Waals surface area (Å²) in [7, 11) is 1.69. The molecular weight excluding hydrogens is 290 g/mol. The molecule has 1 amide bonds. The lowest BCUT2D eigenvalue weighted by Crippen LogP contribution is -2.35. The third-order valence-corrected chi connectivity index (χ3v) is 4.45. The molecule has 1 aromatic carbocycles. The highest BCUT2D eigenvalue weighted by Crippen LogP contribution is 2.27. The Morgan fingerprint density at radius 3 is 2.70 bits per heavy atom. The molecule has 0 aliphatic carbocycles. The molecule has 1 aliphatic rings. The number of furan rings is 1. The number of carbonyl (C=O) groups excluding carboxylic acids is 1. The molecule has 0 N–H and O–H groups in total. The van der Waals surface area contributed by atoms with E-state index >= 15 is 0 Å². The monoisotopic (exact) mass is 313 g/mol. The molecular formula is C19H23NO3. The number of likely N-dealkylation sites (tertiary alicyclic amines) is 1. The van der Waals surface area contributed by atoms with Crippen LogP contribution in [0.3, 0.4) is 0 Å². The van der Waals surface area contributed by atoms with E-state index in [0.29, 0.717) is 5.76 Å². The van der Waals surface area contributed by atoms with E-state index in [-0.39, 0.29) is 12.0 Å². The van der Waals surface area contributed by atoms with Gasteiger partial charge in [-0.25, -0.2) is 0 Å². The van der Waals surface area contributed by atoms with Crippen molar-refractivity contribution in [2.75, 3.05) is 20.2 Å². The second kappa shape index (κ2) is 7.01. The average Bonchev–Trinajstić information content (AvgIpc) is 3.11. The molecule has 4 heteroatoms. The third-order valence-electron chi connectivity index (χ3n) is 4.45. The zero-order chi connectivity index (χ0) is 16.2. The topological polar surface area (TPSA) is 42.7 Å². The number of methoxy groups -OCH3 is 1. The van der Waals surface area contributed by atoms with Gasteiger partial charge in [-0.2, -0.15) is 0 Å². The van der Waals surface area contributed by atoms with Gasteiger partial charge in [0.15, 0.2) is 5.76 Å². The van der Waals surface area contributed by atoms with Crippen LogP contribution in [0.5, 0.6) is 0 Å². The summed E-state index contributed by atoms with van der Waals surface area (Å²) in [6.07, 6.45) is 3.39. The van der Waals surface area contributed by atoms with E-state index in [1.165, 1.54) is 6.42 Å². The third kappa shape index (κ3) is 3.48. The average molecular weight is 313 g/mol. The quantitative estimate of drug-likeness (QED) is 0.846. The summed E-state index contributed by atoms with van der Waals surface area (Å²) in [5, 5.41) is 0. The Kier molecular flexibility index (Phi) is 4.82. The van der Waals surface area contributed by atoms with E-state index in [2.05, 4.69) is 0 Å². The van der Waals surface area contributed by atoms with Crippen molar-refractivity contribution >= 4 is 5.91 Å². The van der Waals surface area contributed by atoms with Gasteiger partial charge in [0.2, 0.25) is 0 Å². The molecule has 2 heterocycles. The minimum Gasteiger partial charge on any atom is -0.451 e. The van der Waals surface area contributed by atoms with Crippen LogP contribution in [-0.2, 0) is 4.74 Å². The lowest BCUT2D eigenvalue weighted by molar-refractivity contribution is 0.0693. The van der Waals surface area contributed by atoms with E-state index in [0.717, 1.165) is 42.8 Å². The minimum absolute atomic E-state index is 0.00244. The zero-order valence-electron chi connectivity index (χ0n) is 13.7. The van der Waals surface area contributed by atoms with Crippen LogP contribution in [0.1, 0.15) is 48.4 Å².